The maximum atomic E-state index is 12.1. The number of ether oxygens (including phenoxy) is 1. The average molecular weight is 255 g/mol. The molecule has 0 aliphatic carbocycles. The SMILES string of the molecule is CC(N)C(=O)N1CCN(C(=O)C2CCCO2)CC1. The van der Waals surface area contributed by atoms with Crippen molar-refractivity contribution in [2.24, 2.45) is 5.73 Å². The van der Waals surface area contributed by atoms with Gasteiger partial charge in [0, 0.05) is 32.8 Å². The van der Waals surface area contributed by atoms with Gasteiger partial charge in [0.2, 0.25) is 5.91 Å². The molecule has 2 amide bonds. The molecule has 0 aromatic carbocycles. The van der Waals surface area contributed by atoms with Crippen LogP contribution in [0.3, 0.4) is 0 Å². The zero-order chi connectivity index (χ0) is 13.1. The van der Waals surface area contributed by atoms with E-state index in [9.17, 15) is 9.59 Å². The van der Waals surface area contributed by atoms with Crippen molar-refractivity contribution in [3.63, 3.8) is 0 Å². The maximum Gasteiger partial charge on any atom is 0.251 e. The summed E-state index contributed by atoms with van der Waals surface area (Å²) in [6.45, 7) is 4.66. The van der Waals surface area contributed by atoms with Gasteiger partial charge in [-0.15, -0.1) is 0 Å². The molecule has 2 N–H and O–H groups in total. The standard InChI is InChI=1S/C12H21N3O3/c1-9(13)11(16)14-4-6-15(7-5-14)12(17)10-3-2-8-18-10/h9-10H,2-8,13H2,1H3. The fourth-order valence-corrected chi connectivity index (χ4v) is 2.41. The van der Waals surface area contributed by atoms with Crippen LogP contribution in [0.15, 0.2) is 0 Å². The van der Waals surface area contributed by atoms with Crippen molar-refractivity contribution in [2.75, 3.05) is 32.8 Å². The van der Waals surface area contributed by atoms with E-state index in [4.69, 9.17) is 10.5 Å². The Kier molecular flexibility index (Phi) is 4.19. The molecule has 0 radical (unpaired) electrons. The van der Waals surface area contributed by atoms with E-state index in [1.165, 1.54) is 0 Å². The molecule has 2 aliphatic heterocycles. The van der Waals surface area contributed by atoms with E-state index in [0.29, 0.717) is 32.8 Å². The molecule has 0 aromatic heterocycles. The Morgan fingerprint density at radius 2 is 1.83 bits per heavy atom. The van der Waals surface area contributed by atoms with E-state index >= 15 is 0 Å². The molecule has 2 unspecified atom stereocenters. The molecule has 6 heteroatoms. The van der Waals surface area contributed by atoms with Crippen LogP contribution < -0.4 is 5.73 Å². The van der Waals surface area contributed by atoms with Gasteiger partial charge >= 0.3 is 0 Å². The highest BCUT2D eigenvalue weighted by molar-refractivity contribution is 5.83. The number of carbonyl (C=O) groups excluding carboxylic acids is 2. The van der Waals surface area contributed by atoms with Crippen LogP contribution in [-0.2, 0) is 14.3 Å². The summed E-state index contributed by atoms with van der Waals surface area (Å²) in [5, 5.41) is 0. The third-order valence-corrected chi connectivity index (χ3v) is 3.50. The number of hydrogen-bond donors (Lipinski definition) is 1. The number of nitrogens with two attached hydrogens (primary N) is 1. The molecular weight excluding hydrogens is 234 g/mol. The Morgan fingerprint density at radius 1 is 1.22 bits per heavy atom. The number of piperazine rings is 1. The van der Waals surface area contributed by atoms with Crippen molar-refractivity contribution >= 4 is 11.8 Å². The number of amides is 2. The van der Waals surface area contributed by atoms with E-state index < -0.39 is 6.04 Å². The zero-order valence-electron chi connectivity index (χ0n) is 10.8. The predicted molar refractivity (Wildman–Crippen MR) is 65.8 cm³/mol. The molecule has 2 aliphatic rings. The zero-order valence-corrected chi connectivity index (χ0v) is 10.8. The van der Waals surface area contributed by atoms with Crippen LogP contribution in [0, 0.1) is 0 Å². The first-order valence-corrected chi connectivity index (χ1v) is 6.54. The second-order valence-electron chi connectivity index (χ2n) is 4.94. The Labute approximate surface area is 107 Å². The molecule has 2 saturated heterocycles. The molecule has 0 spiro atoms. The molecular formula is C12H21N3O3. The third-order valence-electron chi connectivity index (χ3n) is 3.50. The summed E-state index contributed by atoms with van der Waals surface area (Å²) in [5.41, 5.74) is 5.57. The summed E-state index contributed by atoms with van der Waals surface area (Å²) in [4.78, 5) is 27.3. The van der Waals surface area contributed by atoms with Crippen molar-refractivity contribution in [1.29, 1.82) is 0 Å². The molecule has 18 heavy (non-hydrogen) atoms. The van der Waals surface area contributed by atoms with Gasteiger partial charge < -0.3 is 20.3 Å². The highest BCUT2D eigenvalue weighted by Crippen LogP contribution is 2.16. The summed E-state index contributed by atoms with van der Waals surface area (Å²) < 4.78 is 5.39. The lowest BCUT2D eigenvalue weighted by atomic mass is 10.2. The van der Waals surface area contributed by atoms with Gasteiger partial charge in [0.05, 0.1) is 6.04 Å². The van der Waals surface area contributed by atoms with Gasteiger partial charge in [0.1, 0.15) is 6.10 Å². The number of nitrogens with zero attached hydrogens (tertiary/aromatic N) is 2. The minimum Gasteiger partial charge on any atom is -0.368 e. The van der Waals surface area contributed by atoms with Crippen LogP contribution in [0.5, 0.6) is 0 Å². The summed E-state index contributed by atoms with van der Waals surface area (Å²) in [5.74, 6) is 0.0274. The normalized spacial score (nSPS) is 26.2. The molecule has 2 fully saturated rings. The number of rotatable bonds is 2. The molecule has 2 atom stereocenters. The summed E-state index contributed by atoms with van der Waals surface area (Å²) in [6, 6.07) is -0.467. The minimum absolute atomic E-state index is 0.0424. The first-order valence-electron chi connectivity index (χ1n) is 6.54. The van der Waals surface area contributed by atoms with E-state index in [2.05, 4.69) is 0 Å². The molecule has 2 rings (SSSR count). The second-order valence-corrected chi connectivity index (χ2v) is 4.94. The van der Waals surface area contributed by atoms with Gasteiger partial charge in [-0.2, -0.15) is 0 Å². The lowest BCUT2D eigenvalue weighted by Gasteiger charge is -2.36. The molecule has 6 nitrogen and oxygen atoms in total. The highest BCUT2D eigenvalue weighted by Gasteiger charge is 2.31. The van der Waals surface area contributed by atoms with Crippen LogP contribution in [-0.4, -0.2) is 66.5 Å². The van der Waals surface area contributed by atoms with E-state index in [0.717, 1.165) is 12.8 Å². The summed E-state index contributed by atoms with van der Waals surface area (Å²) in [6.07, 6.45) is 1.51. The van der Waals surface area contributed by atoms with Gasteiger partial charge in [-0.25, -0.2) is 0 Å². The van der Waals surface area contributed by atoms with Crippen LogP contribution in [0.4, 0.5) is 0 Å². The van der Waals surface area contributed by atoms with Gasteiger partial charge in [-0.1, -0.05) is 0 Å². The van der Waals surface area contributed by atoms with Crippen molar-refractivity contribution < 1.29 is 14.3 Å². The Hall–Kier alpha value is -1.14. The third kappa shape index (κ3) is 2.81. The lowest BCUT2D eigenvalue weighted by molar-refractivity contribution is -0.146. The summed E-state index contributed by atoms with van der Waals surface area (Å²) in [7, 11) is 0. The Bertz CT molecular complexity index is 319. The highest BCUT2D eigenvalue weighted by atomic mass is 16.5. The predicted octanol–water partition coefficient (Wildman–Crippen LogP) is -0.817. The van der Waals surface area contributed by atoms with Crippen LogP contribution >= 0.6 is 0 Å². The second kappa shape index (κ2) is 5.67. The molecule has 0 saturated carbocycles. The number of hydrogen-bond acceptors (Lipinski definition) is 4. The minimum atomic E-state index is -0.467. The first-order chi connectivity index (χ1) is 8.59. The lowest BCUT2D eigenvalue weighted by Crippen LogP contribution is -2.55. The molecule has 0 aromatic rings. The maximum absolute atomic E-state index is 12.1. The van der Waals surface area contributed by atoms with Gasteiger partial charge in [0.25, 0.3) is 5.91 Å². The molecule has 0 bridgehead atoms. The largest absolute Gasteiger partial charge is 0.368 e. The smallest absolute Gasteiger partial charge is 0.251 e. The Morgan fingerprint density at radius 3 is 2.33 bits per heavy atom. The van der Waals surface area contributed by atoms with E-state index in [1.54, 1.807) is 16.7 Å². The van der Waals surface area contributed by atoms with Crippen LogP contribution in [0.2, 0.25) is 0 Å². The van der Waals surface area contributed by atoms with Gasteiger partial charge in [0.15, 0.2) is 0 Å². The monoisotopic (exact) mass is 255 g/mol. The Balaban J connectivity index is 1.82. The van der Waals surface area contributed by atoms with Crippen molar-refractivity contribution in [3.8, 4) is 0 Å². The van der Waals surface area contributed by atoms with Gasteiger partial charge in [-0.3, -0.25) is 9.59 Å². The summed E-state index contributed by atoms with van der Waals surface area (Å²) >= 11 is 0. The van der Waals surface area contributed by atoms with Gasteiger partial charge in [-0.05, 0) is 19.8 Å². The first kappa shape index (κ1) is 13.3. The van der Waals surface area contributed by atoms with Crippen LogP contribution in [0.1, 0.15) is 19.8 Å². The fraction of sp³-hybridized carbons (Fsp3) is 0.833. The average Bonchev–Trinajstić information content (AvgIpc) is 2.91. The van der Waals surface area contributed by atoms with Crippen LogP contribution in [0.25, 0.3) is 0 Å². The van der Waals surface area contributed by atoms with E-state index in [1.807, 2.05) is 0 Å². The molecule has 2 heterocycles. The molecule has 102 valence electrons. The topological polar surface area (TPSA) is 75.9 Å². The fourth-order valence-electron chi connectivity index (χ4n) is 2.41. The van der Waals surface area contributed by atoms with Crippen molar-refractivity contribution in [1.82, 2.24) is 9.80 Å². The quantitative estimate of drug-likeness (QED) is 0.700. The van der Waals surface area contributed by atoms with E-state index in [-0.39, 0.29) is 17.9 Å². The van der Waals surface area contributed by atoms with Crippen molar-refractivity contribution in [2.45, 2.75) is 31.9 Å². The number of carbonyl (C=O) groups is 2. The van der Waals surface area contributed by atoms with Crippen molar-refractivity contribution in [3.05, 3.63) is 0 Å².